The van der Waals surface area contributed by atoms with Gasteiger partial charge in [0, 0.05) is 5.02 Å². The second-order valence-electron chi connectivity index (χ2n) is 1.93. The summed E-state index contributed by atoms with van der Waals surface area (Å²) in [6.45, 7) is -0.146. The van der Waals surface area contributed by atoms with Gasteiger partial charge in [0.25, 0.3) is 0 Å². The van der Waals surface area contributed by atoms with Crippen molar-refractivity contribution in [3.8, 4) is 5.75 Å². The third-order valence-electron chi connectivity index (χ3n) is 1.20. The van der Waals surface area contributed by atoms with Crippen LogP contribution in [0.2, 0.25) is 5.02 Å². The summed E-state index contributed by atoms with van der Waals surface area (Å²) in [5.74, 6) is 0.119. The van der Waals surface area contributed by atoms with Gasteiger partial charge in [-0.25, -0.2) is 0 Å². The molecule has 0 aliphatic heterocycles. The molecule has 0 fully saturated rings. The Morgan fingerprint density at radius 2 is 2.10 bits per heavy atom. The first-order valence-corrected chi connectivity index (χ1v) is 3.20. The lowest BCUT2D eigenvalue weighted by atomic mass is 10.2. The molecule has 54 valence electrons. The quantitative estimate of drug-likeness (QED) is 0.651. The number of halogens is 1. The molecular weight excluding hydrogens is 152 g/mol. The standard InChI is InChI=1S/C7H7ClO2/c8-7-2-1-6(10)3-5(7)4-9/h1-3,9-10H,4H2. The monoisotopic (exact) mass is 158 g/mol. The van der Waals surface area contributed by atoms with Crippen LogP contribution in [0.1, 0.15) is 5.56 Å². The number of hydrogen-bond donors (Lipinski definition) is 2. The first-order valence-electron chi connectivity index (χ1n) is 2.82. The van der Waals surface area contributed by atoms with E-state index in [0.717, 1.165) is 0 Å². The number of phenols is 1. The molecule has 0 saturated carbocycles. The molecule has 2 N–H and O–H groups in total. The second-order valence-corrected chi connectivity index (χ2v) is 2.34. The summed E-state index contributed by atoms with van der Waals surface area (Å²) in [4.78, 5) is 0. The number of aliphatic hydroxyl groups is 1. The van der Waals surface area contributed by atoms with E-state index in [2.05, 4.69) is 0 Å². The fourth-order valence-corrected chi connectivity index (χ4v) is 0.860. The minimum Gasteiger partial charge on any atom is -0.508 e. The summed E-state index contributed by atoms with van der Waals surface area (Å²) < 4.78 is 0. The average Bonchev–Trinajstić information content (AvgIpc) is 1.94. The van der Waals surface area contributed by atoms with E-state index >= 15 is 0 Å². The van der Waals surface area contributed by atoms with Gasteiger partial charge in [0.1, 0.15) is 5.75 Å². The Labute approximate surface area is 63.7 Å². The molecule has 0 radical (unpaired) electrons. The number of hydrogen-bond acceptors (Lipinski definition) is 2. The highest BCUT2D eigenvalue weighted by Crippen LogP contribution is 2.20. The highest BCUT2D eigenvalue weighted by Gasteiger charge is 1.98. The van der Waals surface area contributed by atoms with Crippen LogP contribution in [0.4, 0.5) is 0 Å². The van der Waals surface area contributed by atoms with Gasteiger partial charge in [0.15, 0.2) is 0 Å². The Morgan fingerprint density at radius 3 is 2.60 bits per heavy atom. The van der Waals surface area contributed by atoms with E-state index in [1.54, 1.807) is 6.07 Å². The zero-order chi connectivity index (χ0) is 7.56. The molecule has 0 atom stereocenters. The van der Waals surface area contributed by atoms with Crippen molar-refractivity contribution in [3.05, 3.63) is 28.8 Å². The van der Waals surface area contributed by atoms with Crippen LogP contribution in [-0.4, -0.2) is 10.2 Å². The van der Waals surface area contributed by atoms with Crippen molar-refractivity contribution in [1.82, 2.24) is 0 Å². The lowest BCUT2D eigenvalue weighted by Crippen LogP contribution is -1.82. The lowest BCUT2D eigenvalue weighted by molar-refractivity contribution is 0.281. The first-order chi connectivity index (χ1) is 4.74. The summed E-state index contributed by atoms with van der Waals surface area (Å²) in [6.07, 6.45) is 0. The largest absolute Gasteiger partial charge is 0.508 e. The number of benzene rings is 1. The van der Waals surface area contributed by atoms with Crippen molar-refractivity contribution in [3.63, 3.8) is 0 Å². The van der Waals surface area contributed by atoms with Crippen molar-refractivity contribution in [1.29, 1.82) is 0 Å². The molecule has 0 saturated heterocycles. The first kappa shape index (κ1) is 7.38. The van der Waals surface area contributed by atoms with Crippen LogP contribution in [-0.2, 0) is 6.61 Å². The highest BCUT2D eigenvalue weighted by molar-refractivity contribution is 6.31. The predicted molar refractivity (Wildman–Crippen MR) is 39.0 cm³/mol. The number of aliphatic hydroxyl groups excluding tert-OH is 1. The van der Waals surface area contributed by atoms with Gasteiger partial charge in [-0.3, -0.25) is 0 Å². The predicted octanol–water partition coefficient (Wildman–Crippen LogP) is 1.54. The summed E-state index contributed by atoms with van der Waals surface area (Å²) >= 11 is 5.63. The molecule has 0 aromatic heterocycles. The summed E-state index contributed by atoms with van der Waals surface area (Å²) in [6, 6.07) is 4.45. The van der Waals surface area contributed by atoms with E-state index in [9.17, 15) is 0 Å². The van der Waals surface area contributed by atoms with Crippen LogP contribution in [0.5, 0.6) is 5.75 Å². The SMILES string of the molecule is OCc1cc(O)ccc1Cl. The van der Waals surface area contributed by atoms with Gasteiger partial charge in [-0.2, -0.15) is 0 Å². The normalized spacial score (nSPS) is 9.80. The zero-order valence-electron chi connectivity index (χ0n) is 5.21. The van der Waals surface area contributed by atoms with Crippen LogP contribution in [0, 0.1) is 0 Å². The summed E-state index contributed by atoms with van der Waals surface area (Å²) in [5, 5.41) is 18.0. The zero-order valence-corrected chi connectivity index (χ0v) is 5.97. The molecule has 10 heavy (non-hydrogen) atoms. The molecule has 0 heterocycles. The summed E-state index contributed by atoms with van der Waals surface area (Å²) in [7, 11) is 0. The van der Waals surface area contributed by atoms with Crippen LogP contribution >= 0.6 is 11.6 Å². The van der Waals surface area contributed by atoms with Crippen molar-refractivity contribution in [2.24, 2.45) is 0 Å². The van der Waals surface area contributed by atoms with Crippen LogP contribution in [0.3, 0.4) is 0 Å². The van der Waals surface area contributed by atoms with E-state index in [4.69, 9.17) is 21.8 Å². The molecule has 3 heteroatoms. The van der Waals surface area contributed by atoms with Crippen LogP contribution in [0.25, 0.3) is 0 Å². The van der Waals surface area contributed by atoms with Gasteiger partial charge >= 0.3 is 0 Å². The Kier molecular flexibility index (Phi) is 2.14. The van der Waals surface area contributed by atoms with Gasteiger partial charge in [-0.15, -0.1) is 0 Å². The molecule has 1 aromatic carbocycles. The minimum atomic E-state index is -0.146. The molecule has 0 bridgehead atoms. The second kappa shape index (κ2) is 2.90. The smallest absolute Gasteiger partial charge is 0.116 e. The van der Waals surface area contributed by atoms with Crippen LogP contribution in [0.15, 0.2) is 18.2 Å². The topological polar surface area (TPSA) is 40.5 Å². The summed E-state index contributed by atoms with van der Waals surface area (Å²) in [5.41, 5.74) is 0.543. The average molecular weight is 159 g/mol. The molecular formula is C7H7ClO2. The van der Waals surface area contributed by atoms with Crippen molar-refractivity contribution in [2.75, 3.05) is 0 Å². The Balaban J connectivity index is 3.09. The Morgan fingerprint density at radius 1 is 1.40 bits per heavy atom. The maximum Gasteiger partial charge on any atom is 0.116 e. The fraction of sp³-hybridized carbons (Fsp3) is 0.143. The number of aromatic hydroxyl groups is 1. The molecule has 0 unspecified atom stereocenters. The Hall–Kier alpha value is -0.730. The van der Waals surface area contributed by atoms with Crippen LogP contribution < -0.4 is 0 Å². The van der Waals surface area contributed by atoms with Gasteiger partial charge in [-0.05, 0) is 23.8 Å². The van der Waals surface area contributed by atoms with Gasteiger partial charge in [0.2, 0.25) is 0 Å². The fourth-order valence-electron chi connectivity index (χ4n) is 0.682. The maximum absolute atomic E-state index is 8.90. The van der Waals surface area contributed by atoms with Gasteiger partial charge in [0.05, 0.1) is 6.61 Å². The van der Waals surface area contributed by atoms with Crippen molar-refractivity contribution in [2.45, 2.75) is 6.61 Å². The molecule has 0 amide bonds. The third-order valence-corrected chi connectivity index (χ3v) is 1.57. The Bertz CT molecular complexity index is 235. The van der Waals surface area contributed by atoms with Crippen molar-refractivity contribution < 1.29 is 10.2 Å². The molecule has 0 spiro atoms. The maximum atomic E-state index is 8.90. The molecule has 0 aliphatic rings. The molecule has 2 nitrogen and oxygen atoms in total. The van der Waals surface area contributed by atoms with Crippen molar-refractivity contribution >= 4 is 11.6 Å². The third kappa shape index (κ3) is 1.40. The lowest BCUT2D eigenvalue weighted by Gasteiger charge is -1.98. The van der Waals surface area contributed by atoms with E-state index in [0.29, 0.717) is 10.6 Å². The minimum absolute atomic E-state index is 0.119. The van der Waals surface area contributed by atoms with Gasteiger partial charge < -0.3 is 10.2 Å². The number of rotatable bonds is 1. The van der Waals surface area contributed by atoms with E-state index < -0.39 is 0 Å². The van der Waals surface area contributed by atoms with E-state index in [1.165, 1.54) is 12.1 Å². The highest BCUT2D eigenvalue weighted by atomic mass is 35.5. The molecule has 1 aromatic rings. The van der Waals surface area contributed by atoms with E-state index in [-0.39, 0.29) is 12.4 Å². The molecule has 1 rings (SSSR count). The molecule has 0 aliphatic carbocycles. The van der Waals surface area contributed by atoms with Gasteiger partial charge in [-0.1, -0.05) is 11.6 Å². The van der Waals surface area contributed by atoms with E-state index in [1.807, 2.05) is 0 Å². The number of phenolic OH excluding ortho intramolecular Hbond substituents is 1.